The third kappa shape index (κ3) is 2.79. The Hall–Kier alpha value is -0.820. The highest BCUT2D eigenvalue weighted by molar-refractivity contribution is 5.30. The molecular formula is C19H29N. The van der Waals surface area contributed by atoms with Crippen LogP contribution in [0.3, 0.4) is 0 Å². The largest absolute Gasteiger partial charge is 0.327 e. The molecule has 0 bridgehead atoms. The SMILES string of the molecule is CC(C)C1CCC(N)C(c2ccc(C3CCC3)cc2)C1. The summed E-state index contributed by atoms with van der Waals surface area (Å²) in [6.07, 6.45) is 7.97. The van der Waals surface area contributed by atoms with Gasteiger partial charge in [0.25, 0.3) is 0 Å². The van der Waals surface area contributed by atoms with E-state index >= 15 is 0 Å². The molecule has 2 aliphatic carbocycles. The van der Waals surface area contributed by atoms with Crippen LogP contribution in [0.5, 0.6) is 0 Å². The maximum atomic E-state index is 6.41. The van der Waals surface area contributed by atoms with Gasteiger partial charge in [0.05, 0.1) is 0 Å². The van der Waals surface area contributed by atoms with E-state index in [1.165, 1.54) is 44.1 Å². The van der Waals surface area contributed by atoms with E-state index in [-0.39, 0.29) is 0 Å². The summed E-state index contributed by atoms with van der Waals surface area (Å²) < 4.78 is 0. The molecule has 2 N–H and O–H groups in total. The maximum absolute atomic E-state index is 6.41. The van der Waals surface area contributed by atoms with Crippen molar-refractivity contribution >= 4 is 0 Å². The first-order valence-corrected chi connectivity index (χ1v) is 8.50. The lowest BCUT2D eigenvalue weighted by Gasteiger charge is -2.36. The molecule has 1 nitrogen and oxygen atoms in total. The van der Waals surface area contributed by atoms with Gasteiger partial charge in [0.15, 0.2) is 0 Å². The lowest BCUT2D eigenvalue weighted by molar-refractivity contribution is 0.232. The molecule has 2 aliphatic rings. The fourth-order valence-corrected chi connectivity index (χ4v) is 3.97. The zero-order valence-electron chi connectivity index (χ0n) is 13.0. The van der Waals surface area contributed by atoms with Crippen LogP contribution in [-0.2, 0) is 0 Å². The lowest BCUT2D eigenvalue weighted by Crippen LogP contribution is -2.35. The van der Waals surface area contributed by atoms with Crippen LogP contribution in [0.1, 0.15) is 75.3 Å². The molecular weight excluding hydrogens is 242 g/mol. The average molecular weight is 271 g/mol. The highest BCUT2D eigenvalue weighted by Gasteiger charge is 2.30. The molecule has 3 atom stereocenters. The second-order valence-electron chi connectivity index (χ2n) is 7.38. The van der Waals surface area contributed by atoms with E-state index in [4.69, 9.17) is 5.73 Å². The van der Waals surface area contributed by atoms with Crippen LogP contribution in [0.25, 0.3) is 0 Å². The quantitative estimate of drug-likeness (QED) is 0.838. The minimum Gasteiger partial charge on any atom is -0.327 e. The van der Waals surface area contributed by atoms with E-state index in [9.17, 15) is 0 Å². The van der Waals surface area contributed by atoms with Gasteiger partial charge in [-0.25, -0.2) is 0 Å². The predicted molar refractivity (Wildman–Crippen MR) is 85.9 cm³/mol. The van der Waals surface area contributed by atoms with Crippen LogP contribution in [0.2, 0.25) is 0 Å². The Bertz CT molecular complexity index is 430. The average Bonchev–Trinajstić information content (AvgIpc) is 2.38. The van der Waals surface area contributed by atoms with Crippen molar-refractivity contribution in [1.29, 1.82) is 0 Å². The van der Waals surface area contributed by atoms with Crippen molar-refractivity contribution in [2.45, 2.75) is 70.3 Å². The van der Waals surface area contributed by atoms with Gasteiger partial charge in [-0.3, -0.25) is 0 Å². The minimum absolute atomic E-state index is 0.361. The molecule has 2 saturated carbocycles. The molecule has 1 aromatic carbocycles. The van der Waals surface area contributed by atoms with E-state index in [0.29, 0.717) is 12.0 Å². The first-order chi connectivity index (χ1) is 9.65. The maximum Gasteiger partial charge on any atom is 0.0108 e. The molecule has 110 valence electrons. The minimum atomic E-state index is 0.361. The van der Waals surface area contributed by atoms with Crippen LogP contribution in [-0.4, -0.2) is 6.04 Å². The lowest BCUT2D eigenvalue weighted by atomic mass is 9.71. The second-order valence-corrected chi connectivity index (χ2v) is 7.38. The van der Waals surface area contributed by atoms with Gasteiger partial charge in [-0.2, -0.15) is 0 Å². The van der Waals surface area contributed by atoms with E-state index in [0.717, 1.165) is 17.8 Å². The highest BCUT2D eigenvalue weighted by Crippen LogP contribution is 2.40. The smallest absolute Gasteiger partial charge is 0.0108 e. The fraction of sp³-hybridized carbons (Fsp3) is 0.684. The Labute approximate surface area is 124 Å². The molecule has 3 unspecified atom stereocenters. The van der Waals surface area contributed by atoms with E-state index in [1.807, 2.05) is 0 Å². The molecule has 20 heavy (non-hydrogen) atoms. The zero-order valence-corrected chi connectivity index (χ0v) is 13.0. The van der Waals surface area contributed by atoms with Gasteiger partial charge in [-0.1, -0.05) is 44.5 Å². The van der Waals surface area contributed by atoms with Crippen molar-refractivity contribution in [2.24, 2.45) is 17.6 Å². The van der Waals surface area contributed by atoms with Crippen LogP contribution >= 0.6 is 0 Å². The molecule has 0 radical (unpaired) electrons. The Morgan fingerprint density at radius 1 is 0.950 bits per heavy atom. The van der Waals surface area contributed by atoms with Crippen molar-refractivity contribution in [3.8, 4) is 0 Å². The number of hydrogen-bond donors (Lipinski definition) is 1. The first-order valence-electron chi connectivity index (χ1n) is 8.50. The molecule has 0 saturated heterocycles. The van der Waals surface area contributed by atoms with E-state index in [1.54, 1.807) is 5.56 Å². The molecule has 0 aromatic heterocycles. The van der Waals surface area contributed by atoms with Crippen molar-refractivity contribution in [3.05, 3.63) is 35.4 Å². The Kier molecular flexibility index (Phi) is 4.16. The molecule has 1 aromatic rings. The van der Waals surface area contributed by atoms with Crippen LogP contribution in [0, 0.1) is 11.8 Å². The normalized spacial score (nSPS) is 31.3. The molecule has 3 rings (SSSR count). The third-order valence-electron chi connectivity index (χ3n) is 5.83. The van der Waals surface area contributed by atoms with Crippen molar-refractivity contribution in [2.75, 3.05) is 0 Å². The van der Waals surface area contributed by atoms with Crippen LogP contribution in [0.4, 0.5) is 0 Å². The van der Waals surface area contributed by atoms with Crippen molar-refractivity contribution in [3.63, 3.8) is 0 Å². The molecule has 1 heteroatoms. The molecule has 0 heterocycles. The van der Waals surface area contributed by atoms with Gasteiger partial charge in [-0.15, -0.1) is 0 Å². The highest BCUT2D eigenvalue weighted by atomic mass is 14.7. The first kappa shape index (κ1) is 14.1. The molecule has 2 fully saturated rings. The topological polar surface area (TPSA) is 26.0 Å². The standard InChI is InChI=1S/C19H29N/c1-13(2)17-10-11-19(20)18(12-17)16-8-6-15(7-9-16)14-4-3-5-14/h6-9,13-14,17-19H,3-5,10-12,20H2,1-2H3. The molecule has 0 spiro atoms. The van der Waals surface area contributed by atoms with E-state index < -0.39 is 0 Å². The summed E-state index contributed by atoms with van der Waals surface area (Å²) in [4.78, 5) is 0. The Morgan fingerprint density at radius 2 is 1.60 bits per heavy atom. The zero-order chi connectivity index (χ0) is 14.1. The van der Waals surface area contributed by atoms with E-state index in [2.05, 4.69) is 38.1 Å². The van der Waals surface area contributed by atoms with Gasteiger partial charge in [0.1, 0.15) is 0 Å². The summed E-state index contributed by atoms with van der Waals surface area (Å²) in [5.41, 5.74) is 9.43. The van der Waals surface area contributed by atoms with Gasteiger partial charge >= 0.3 is 0 Å². The third-order valence-corrected chi connectivity index (χ3v) is 5.83. The summed E-state index contributed by atoms with van der Waals surface area (Å²) in [6.45, 7) is 4.72. The summed E-state index contributed by atoms with van der Waals surface area (Å²) in [6, 6.07) is 9.82. The monoisotopic (exact) mass is 271 g/mol. The van der Waals surface area contributed by atoms with Gasteiger partial charge in [-0.05, 0) is 66.9 Å². The predicted octanol–water partition coefficient (Wildman–Crippen LogP) is 4.82. The second kappa shape index (κ2) is 5.89. The summed E-state index contributed by atoms with van der Waals surface area (Å²) in [5.74, 6) is 3.06. The Morgan fingerprint density at radius 3 is 2.15 bits per heavy atom. The number of hydrogen-bond acceptors (Lipinski definition) is 1. The van der Waals surface area contributed by atoms with Crippen molar-refractivity contribution in [1.82, 2.24) is 0 Å². The Balaban J connectivity index is 1.72. The van der Waals surface area contributed by atoms with Crippen LogP contribution < -0.4 is 5.73 Å². The number of benzene rings is 1. The molecule has 0 amide bonds. The number of rotatable bonds is 3. The summed E-state index contributed by atoms with van der Waals surface area (Å²) >= 11 is 0. The van der Waals surface area contributed by atoms with Gasteiger partial charge < -0.3 is 5.73 Å². The summed E-state index contributed by atoms with van der Waals surface area (Å²) in [5, 5.41) is 0. The number of nitrogens with two attached hydrogens (primary N) is 1. The summed E-state index contributed by atoms with van der Waals surface area (Å²) in [7, 11) is 0. The van der Waals surface area contributed by atoms with Crippen molar-refractivity contribution < 1.29 is 0 Å². The fourth-order valence-electron chi connectivity index (χ4n) is 3.97. The van der Waals surface area contributed by atoms with Crippen LogP contribution in [0.15, 0.2) is 24.3 Å². The molecule has 0 aliphatic heterocycles. The van der Waals surface area contributed by atoms with Gasteiger partial charge in [0, 0.05) is 6.04 Å². The van der Waals surface area contributed by atoms with Gasteiger partial charge in [0.2, 0.25) is 0 Å².